The first-order valence-corrected chi connectivity index (χ1v) is 12.6. The molecule has 0 spiro atoms. The molecular formula is C29H24N4O2S. The molecule has 0 aliphatic heterocycles. The Morgan fingerprint density at radius 1 is 0.972 bits per heavy atom. The third-order valence-corrected chi connectivity index (χ3v) is 7.29. The number of nitrogens with one attached hydrogen (secondary N) is 1. The van der Waals surface area contributed by atoms with Crippen molar-refractivity contribution in [2.24, 2.45) is 5.73 Å². The number of H-pyrrole nitrogens is 1. The quantitative estimate of drug-likeness (QED) is 0.248. The van der Waals surface area contributed by atoms with Crippen molar-refractivity contribution in [3.63, 3.8) is 0 Å². The van der Waals surface area contributed by atoms with Gasteiger partial charge >= 0.3 is 0 Å². The molecule has 36 heavy (non-hydrogen) atoms. The van der Waals surface area contributed by atoms with Gasteiger partial charge in [0.2, 0.25) is 0 Å². The Morgan fingerprint density at radius 2 is 1.83 bits per heavy atom. The highest BCUT2D eigenvalue weighted by atomic mass is 32.1. The highest BCUT2D eigenvalue weighted by molar-refractivity contribution is 7.17. The van der Waals surface area contributed by atoms with Gasteiger partial charge in [-0.1, -0.05) is 36.4 Å². The van der Waals surface area contributed by atoms with Gasteiger partial charge < -0.3 is 15.6 Å². The molecule has 0 saturated carbocycles. The average Bonchev–Trinajstić information content (AvgIpc) is 3.54. The highest BCUT2D eigenvalue weighted by Crippen LogP contribution is 2.38. The minimum atomic E-state index is -0.161. The normalized spacial score (nSPS) is 12.2. The molecule has 178 valence electrons. The average molecular weight is 493 g/mol. The number of rotatable bonds is 7. The zero-order valence-electron chi connectivity index (χ0n) is 19.4. The number of aromatic hydroxyl groups is 1. The zero-order chi connectivity index (χ0) is 24.5. The summed E-state index contributed by atoms with van der Waals surface area (Å²) in [6, 6.07) is 23.4. The lowest BCUT2D eigenvalue weighted by Crippen LogP contribution is -2.30. The molecule has 1 atom stereocenters. The number of phenols is 1. The second-order valence-corrected chi connectivity index (χ2v) is 9.70. The van der Waals surface area contributed by atoms with E-state index in [4.69, 9.17) is 15.5 Å². The van der Waals surface area contributed by atoms with Crippen LogP contribution in [0.5, 0.6) is 11.5 Å². The topological polar surface area (TPSA) is 97.0 Å². The molecule has 0 saturated heterocycles. The minimum Gasteiger partial charge on any atom is -0.507 e. The Hall–Kier alpha value is -4.20. The van der Waals surface area contributed by atoms with Gasteiger partial charge in [0.05, 0.1) is 23.6 Å². The third kappa shape index (κ3) is 4.30. The summed E-state index contributed by atoms with van der Waals surface area (Å²) >= 11 is 1.74. The number of para-hydroxylation sites is 1. The van der Waals surface area contributed by atoms with Crippen molar-refractivity contribution in [1.29, 1.82) is 0 Å². The molecule has 4 N–H and O–H groups in total. The highest BCUT2D eigenvalue weighted by Gasteiger charge is 2.16. The van der Waals surface area contributed by atoms with Crippen LogP contribution in [-0.4, -0.2) is 32.9 Å². The zero-order valence-corrected chi connectivity index (χ0v) is 20.2. The van der Waals surface area contributed by atoms with Crippen LogP contribution in [0.1, 0.15) is 5.56 Å². The molecule has 7 heteroatoms. The molecule has 0 aliphatic rings. The van der Waals surface area contributed by atoms with E-state index in [9.17, 15) is 5.11 Å². The number of aromatic nitrogens is 3. The molecule has 0 radical (unpaired) electrons. The monoisotopic (exact) mass is 492 g/mol. The number of benzene rings is 3. The number of ether oxygens (including phenoxy) is 1. The van der Waals surface area contributed by atoms with E-state index in [1.807, 2.05) is 30.3 Å². The number of fused-ring (bicyclic) bond motifs is 2. The van der Waals surface area contributed by atoms with E-state index in [0.29, 0.717) is 23.6 Å². The number of phenolic OH excluding ortho intramolecular Hbond substituents is 1. The molecule has 6 nitrogen and oxygen atoms in total. The number of thiophene rings is 1. The first-order chi connectivity index (χ1) is 17.7. The Kier molecular flexibility index (Phi) is 5.85. The molecule has 0 aliphatic carbocycles. The van der Waals surface area contributed by atoms with E-state index >= 15 is 0 Å². The Labute approximate surface area is 212 Å². The van der Waals surface area contributed by atoms with Crippen molar-refractivity contribution in [3.05, 3.63) is 96.1 Å². The minimum absolute atomic E-state index is 0.161. The summed E-state index contributed by atoms with van der Waals surface area (Å²) in [5.74, 6) is 0.802. The maximum absolute atomic E-state index is 10.5. The number of aromatic amines is 1. The van der Waals surface area contributed by atoms with Crippen molar-refractivity contribution in [2.45, 2.75) is 12.5 Å². The number of nitrogens with zero attached hydrogens (tertiary/aromatic N) is 2. The first-order valence-electron chi connectivity index (χ1n) is 11.7. The van der Waals surface area contributed by atoms with Crippen molar-refractivity contribution in [3.8, 4) is 33.9 Å². The van der Waals surface area contributed by atoms with Crippen molar-refractivity contribution in [2.75, 3.05) is 6.61 Å². The van der Waals surface area contributed by atoms with Gasteiger partial charge in [-0.3, -0.25) is 10.1 Å². The summed E-state index contributed by atoms with van der Waals surface area (Å²) < 4.78 is 7.39. The number of hydrogen-bond acceptors (Lipinski definition) is 6. The lowest BCUT2D eigenvalue weighted by molar-refractivity contribution is 0.287. The van der Waals surface area contributed by atoms with Crippen LogP contribution < -0.4 is 10.5 Å². The summed E-state index contributed by atoms with van der Waals surface area (Å²) in [5.41, 5.74) is 11.8. The predicted octanol–water partition coefficient (Wildman–Crippen LogP) is 6.16. The Bertz CT molecular complexity index is 1670. The summed E-state index contributed by atoms with van der Waals surface area (Å²) in [5, 5.41) is 22.1. The van der Waals surface area contributed by atoms with Crippen molar-refractivity contribution >= 4 is 32.3 Å². The van der Waals surface area contributed by atoms with Crippen LogP contribution in [0, 0.1) is 0 Å². The van der Waals surface area contributed by atoms with E-state index in [1.54, 1.807) is 35.9 Å². The van der Waals surface area contributed by atoms with Gasteiger partial charge in [0.25, 0.3) is 0 Å². The second-order valence-electron chi connectivity index (χ2n) is 8.79. The van der Waals surface area contributed by atoms with Gasteiger partial charge in [-0.05, 0) is 64.7 Å². The summed E-state index contributed by atoms with van der Waals surface area (Å²) in [6.07, 6.45) is 4.21. The Morgan fingerprint density at radius 3 is 2.75 bits per heavy atom. The van der Waals surface area contributed by atoms with E-state index in [-0.39, 0.29) is 11.8 Å². The molecule has 3 heterocycles. The lowest BCUT2D eigenvalue weighted by Gasteiger charge is -2.16. The first kappa shape index (κ1) is 22.3. The van der Waals surface area contributed by atoms with Crippen LogP contribution in [0.25, 0.3) is 43.4 Å². The van der Waals surface area contributed by atoms with Gasteiger partial charge in [-0.15, -0.1) is 11.3 Å². The largest absolute Gasteiger partial charge is 0.507 e. The molecule has 3 aromatic heterocycles. The van der Waals surface area contributed by atoms with Crippen LogP contribution in [0.3, 0.4) is 0 Å². The number of nitrogens with two attached hydrogens (primary N) is 1. The molecule has 3 aromatic carbocycles. The van der Waals surface area contributed by atoms with Crippen molar-refractivity contribution < 1.29 is 9.84 Å². The number of pyridine rings is 1. The molecular weight excluding hydrogens is 468 g/mol. The molecule has 0 fully saturated rings. The van der Waals surface area contributed by atoms with Crippen LogP contribution >= 0.6 is 11.3 Å². The third-order valence-electron chi connectivity index (χ3n) is 6.28. The van der Waals surface area contributed by atoms with E-state index in [2.05, 4.69) is 45.9 Å². The van der Waals surface area contributed by atoms with E-state index < -0.39 is 0 Å². The molecule has 0 bridgehead atoms. The maximum Gasteiger partial charge on any atom is 0.138 e. The lowest BCUT2D eigenvalue weighted by atomic mass is 9.97. The van der Waals surface area contributed by atoms with Crippen LogP contribution in [0.15, 0.2) is 90.6 Å². The number of hydrogen-bond donors (Lipinski definition) is 3. The van der Waals surface area contributed by atoms with Gasteiger partial charge in [-0.2, -0.15) is 5.10 Å². The summed E-state index contributed by atoms with van der Waals surface area (Å²) in [6.45, 7) is 0.363. The second kappa shape index (κ2) is 9.45. The molecule has 0 amide bonds. The fraction of sp³-hybridized carbons (Fsp3) is 0.103. The van der Waals surface area contributed by atoms with Crippen LogP contribution in [-0.2, 0) is 6.42 Å². The molecule has 6 aromatic rings. The van der Waals surface area contributed by atoms with Gasteiger partial charge in [0.1, 0.15) is 18.1 Å². The summed E-state index contributed by atoms with van der Waals surface area (Å²) in [7, 11) is 0. The smallest absolute Gasteiger partial charge is 0.138 e. The maximum atomic E-state index is 10.5. The van der Waals surface area contributed by atoms with Crippen LogP contribution in [0.4, 0.5) is 0 Å². The standard InChI is InChI=1S/C29H24N4O2S/c30-21(12-20-17-36-28-8-4-2-5-23(20)28)16-35-22-13-25(18-9-10-26-19(11-18)14-32-33-26)29(31-15-22)24-6-1-3-7-27(24)34/h1-11,13-15,17,21,34H,12,16,30H2,(H,32,33)/t21-/m1/s1. The fourth-order valence-electron chi connectivity index (χ4n) is 4.48. The molecule has 6 rings (SSSR count). The van der Waals surface area contributed by atoms with E-state index in [1.165, 1.54) is 15.6 Å². The predicted molar refractivity (Wildman–Crippen MR) is 145 cm³/mol. The van der Waals surface area contributed by atoms with Crippen molar-refractivity contribution in [1.82, 2.24) is 15.2 Å². The fourth-order valence-corrected chi connectivity index (χ4v) is 5.45. The van der Waals surface area contributed by atoms with Gasteiger partial charge in [0, 0.05) is 27.3 Å². The SMILES string of the molecule is N[C@@H](COc1cnc(-c2ccccc2O)c(-c2ccc3[nH]ncc3c2)c1)Cc1csc2ccccc12. The summed E-state index contributed by atoms with van der Waals surface area (Å²) in [4.78, 5) is 4.70. The van der Waals surface area contributed by atoms with Gasteiger partial charge in [-0.25, -0.2) is 0 Å². The Balaban J connectivity index is 1.29. The van der Waals surface area contributed by atoms with E-state index in [0.717, 1.165) is 28.5 Å². The van der Waals surface area contributed by atoms with Crippen LogP contribution in [0.2, 0.25) is 0 Å². The van der Waals surface area contributed by atoms with Gasteiger partial charge in [0.15, 0.2) is 0 Å². The molecule has 0 unspecified atom stereocenters.